The van der Waals surface area contributed by atoms with Crippen LogP contribution < -0.4 is 5.32 Å². The van der Waals surface area contributed by atoms with E-state index in [4.69, 9.17) is 0 Å². The molecule has 2 aromatic rings. The quantitative estimate of drug-likeness (QED) is 0.787. The monoisotopic (exact) mass is 285 g/mol. The summed E-state index contributed by atoms with van der Waals surface area (Å²) < 4.78 is 2.20. The number of nitrogens with zero attached hydrogens (tertiary/aromatic N) is 2. The molecule has 1 aromatic heterocycles. The first-order valence-electron chi connectivity index (χ1n) is 7.89. The zero-order valence-corrected chi connectivity index (χ0v) is 13.7. The van der Waals surface area contributed by atoms with Gasteiger partial charge in [-0.2, -0.15) is 0 Å². The number of benzene rings is 1. The molecule has 1 unspecified atom stereocenters. The number of aryl methyl sites for hydroxylation is 1. The van der Waals surface area contributed by atoms with Gasteiger partial charge in [0.2, 0.25) is 0 Å². The second kappa shape index (κ2) is 7.41. The van der Waals surface area contributed by atoms with E-state index in [2.05, 4.69) is 66.8 Å². The highest BCUT2D eigenvalue weighted by molar-refractivity contribution is 5.26. The van der Waals surface area contributed by atoms with Crippen LogP contribution in [-0.4, -0.2) is 22.6 Å². The van der Waals surface area contributed by atoms with Crippen molar-refractivity contribution in [1.82, 2.24) is 14.9 Å². The Bertz CT molecular complexity index is 554. The zero-order valence-electron chi connectivity index (χ0n) is 13.7. The number of aromatic nitrogens is 2. The van der Waals surface area contributed by atoms with Crippen LogP contribution in [-0.2, 0) is 6.54 Å². The van der Waals surface area contributed by atoms with Gasteiger partial charge in [-0.05, 0) is 43.9 Å². The minimum absolute atomic E-state index is 0.558. The lowest BCUT2D eigenvalue weighted by molar-refractivity contribution is 0.609. The maximum Gasteiger partial charge on any atom is 0.0954 e. The van der Waals surface area contributed by atoms with Crippen molar-refractivity contribution in [2.75, 3.05) is 13.1 Å². The molecule has 1 N–H and O–H groups in total. The zero-order chi connectivity index (χ0) is 15.2. The highest BCUT2D eigenvalue weighted by Gasteiger charge is 2.06. The van der Waals surface area contributed by atoms with Gasteiger partial charge in [0.15, 0.2) is 0 Å². The molecule has 1 atom stereocenters. The highest BCUT2D eigenvalue weighted by atomic mass is 15.0. The van der Waals surface area contributed by atoms with Crippen molar-refractivity contribution in [3.05, 3.63) is 53.1 Å². The molecule has 1 heterocycles. The fourth-order valence-electron chi connectivity index (χ4n) is 2.47. The fourth-order valence-corrected chi connectivity index (χ4v) is 2.47. The molecule has 0 fully saturated rings. The van der Waals surface area contributed by atoms with Crippen LogP contribution in [0.2, 0.25) is 0 Å². The first-order valence-corrected chi connectivity index (χ1v) is 7.89. The third-order valence-corrected chi connectivity index (χ3v) is 4.12. The topological polar surface area (TPSA) is 29.9 Å². The summed E-state index contributed by atoms with van der Waals surface area (Å²) in [5, 5.41) is 3.49. The second-order valence-corrected chi connectivity index (χ2v) is 5.89. The Hall–Kier alpha value is -1.61. The molecule has 0 aliphatic carbocycles. The van der Waals surface area contributed by atoms with Crippen molar-refractivity contribution < 1.29 is 0 Å². The van der Waals surface area contributed by atoms with Crippen LogP contribution >= 0.6 is 0 Å². The molecule has 1 aromatic carbocycles. The molecule has 0 saturated heterocycles. The average Bonchev–Trinajstić information content (AvgIpc) is 2.80. The van der Waals surface area contributed by atoms with E-state index in [0.717, 1.165) is 25.3 Å². The van der Waals surface area contributed by atoms with Gasteiger partial charge in [-0.15, -0.1) is 0 Å². The van der Waals surface area contributed by atoms with Crippen LogP contribution in [0.15, 0.2) is 30.6 Å². The summed E-state index contributed by atoms with van der Waals surface area (Å²) in [6.07, 6.45) is 3.12. The van der Waals surface area contributed by atoms with E-state index in [-0.39, 0.29) is 0 Å². The highest BCUT2D eigenvalue weighted by Crippen LogP contribution is 2.16. The minimum atomic E-state index is 0.558. The predicted octanol–water partition coefficient (Wildman–Crippen LogP) is 3.65. The van der Waals surface area contributed by atoms with Gasteiger partial charge in [0, 0.05) is 18.8 Å². The molecule has 0 bridgehead atoms. The summed E-state index contributed by atoms with van der Waals surface area (Å²) in [5.41, 5.74) is 5.09. The van der Waals surface area contributed by atoms with Gasteiger partial charge in [-0.1, -0.05) is 38.1 Å². The van der Waals surface area contributed by atoms with Gasteiger partial charge in [-0.25, -0.2) is 4.98 Å². The van der Waals surface area contributed by atoms with E-state index in [1.165, 1.54) is 23.2 Å². The molecule has 2 rings (SSSR count). The summed E-state index contributed by atoms with van der Waals surface area (Å²) in [6.45, 7) is 11.7. The Morgan fingerprint density at radius 1 is 1.19 bits per heavy atom. The maximum atomic E-state index is 4.35. The Balaban J connectivity index is 1.97. The summed E-state index contributed by atoms with van der Waals surface area (Å²) in [4.78, 5) is 4.35. The Labute approximate surface area is 128 Å². The molecule has 0 saturated carbocycles. The van der Waals surface area contributed by atoms with E-state index in [0.29, 0.717) is 5.92 Å². The maximum absolute atomic E-state index is 4.35. The third kappa shape index (κ3) is 4.18. The van der Waals surface area contributed by atoms with Gasteiger partial charge in [0.25, 0.3) is 0 Å². The fraction of sp³-hybridized carbons (Fsp3) is 0.500. The predicted molar refractivity (Wildman–Crippen MR) is 88.8 cm³/mol. The number of hydrogen-bond donors (Lipinski definition) is 1. The van der Waals surface area contributed by atoms with E-state index in [1.807, 2.05) is 6.33 Å². The first-order chi connectivity index (χ1) is 10.1. The van der Waals surface area contributed by atoms with Crippen LogP contribution in [0.3, 0.4) is 0 Å². The Morgan fingerprint density at radius 2 is 1.90 bits per heavy atom. The van der Waals surface area contributed by atoms with E-state index in [1.54, 1.807) is 0 Å². The lowest BCUT2D eigenvalue weighted by Crippen LogP contribution is -2.20. The van der Waals surface area contributed by atoms with Crippen molar-refractivity contribution in [3.8, 4) is 0 Å². The van der Waals surface area contributed by atoms with Crippen LogP contribution in [0.1, 0.15) is 48.7 Å². The third-order valence-electron chi connectivity index (χ3n) is 4.12. The summed E-state index contributed by atoms with van der Waals surface area (Å²) in [7, 11) is 0. The van der Waals surface area contributed by atoms with Crippen LogP contribution in [0, 0.1) is 13.8 Å². The lowest BCUT2D eigenvalue weighted by atomic mass is 9.99. The smallest absolute Gasteiger partial charge is 0.0954 e. The van der Waals surface area contributed by atoms with Crippen molar-refractivity contribution in [2.24, 2.45) is 0 Å². The van der Waals surface area contributed by atoms with Crippen LogP contribution in [0.4, 0.5) is 0 Å². The molecule has 21 heavy (non-hydrogen) atoms. The lowest BCUT2D eigenvalue weighted by Gasteiger charge is -2.14. The molecular weight excluding hydrogens is 258 g/mol. The van der Waals surface area contributed by atoms with E-state index in [9.17, 15) is 0 Å². The number of rotatable bonds is 7. The largest absolute Gasteiger partial charge is 0.330 e. The molecule has 3 nitrogen and oxygen atoms in total. The van der Waals surface area contributed by atoms with Crippen molar-refractivity contribution >= 4 is 0 Å². The second-order valence-electron chi connectivity index (χ2n) is 5.89. The van der Waals surface area contributed by atoms with E-state index >= 15 is 0 Å². The summed E-state index contributed by atoms with van der Waals surface area (Å²) in [6, 6.07) is 8.99. The molecular formula is C18H27N3. The van der Waals surface area contributed by atoms with E-state index < -0.39 is 0 Å². The van der Waals surface area contributed by atoms with Crippen LogP contribution in [0.25, 0.3) is 0 Å². The van der Waals surface area contributed by atoms with Gasteiger partial charge >= 0.3 is 0 Å². The van der Waals surface area contributed by atoms with Crippen molar-refractivity contribution in [1.29, 1.82) is 0 Å². The van der Waals surface area contributed by atoms with Crippen molar-refractivity contribution in [3.63, 3.8) is 0 Å². The average molecular weight is 285 g/mol. The number of hydrogen-bond acceptors (Lipinski definition) is 2. The SMILES string of the molecule is CCCNCC(C)c1ccc(Cn2cnc(C)c2C)cc1. The van der Waals surface area contributed by atoms with Gasteiger partial charge in [0.05, 0.1) is 12.0 Å². The molecule has 3 heteroatoms. The number of nitrogens with one attached hydrogen (secondary N) is 1. The summed E-state index contributed by atoms with van der Waals surface area (Å²) in [5.74, 6) is 0.558. The molecule has 0 spiro atoms. The van der Waals surface area contributed by atoms with Gasteiger partial charge in [-0.3, -0.25) is 0 Å². The molecule has 0 aliphatic heterocycles. The normalized spacial score (nSPS) is 12.6. The molecule has 114 valence electrons. The van der Waals surface area contributed by atoms with Crippen molar-refractivity contribution in [2.45, 2.75) is 46.6 Å². The molecule has 0 radical (unpaired) electrons. The number of imidazole rings is 1. The standard InChI is InChI=1S/C18H27N3/c1-5-10-19-11-14(2)18-8-6-17(7-9-18)12-21-13-20-15(3)16(21)4/h6-9,13-14,19H,5,10-12H2,1-4H3. The minimum Gasteiger partial charge on any atom is -0.330 e. The van der Waals surface area contributed by atoms with Crippen LogP contribution in [0.5, 0.6) is 0 Å². The Kier molecular flexibility index (Phi) is 5.57. The van der Waals surface area contributed by atoms with Gasteiger partial charge in [0.1, 0.15) is 0 Å². The molecule has 0 amide bonds. The summed E-state index contributed by atoms with van der Waals surface area (Å²) >= 11 is 0. The van der Waals surface area contributed by atoms with Gasteiger partial charge < -0.3 is 9.88 Å². The first kappa shape index (κ1) is 15.8. The Morgan fingerprint density at radius 3 is 2.48 bits per heavy atom. The molecule has 0 aliphatic rings.